The van der Waals surface area contributed by atoms with Gasteiger partial charge in [0.15, 0.2) is 6.10 Å². The van der Waals surface area contributed by atoms with Crippen molar-refractivity contribution in [2.75, 3.05) is 0 Å². The summed E-state index contributed by atoms with van der Waals surface area (Å²) in [4.78, 5) is 12.4. The molecular formula is C29H24O2. The topological polar surface area (TPSA) is 26.3 Å². The average molecular weight is 405 g/mol. The monoisotopic (exact) mass is 404 g/mol. The van der Waals surface area contributed by atoms with E-state index < -0.39 is 12.1 Å². The number of carbonyl (C=O) groups is 1. The minimum atomic E-state index is -0.501. The van der Waals surface area contributed by atoms with Crippen LogP contribution in [0.3, 0.4) is 0 Å². The van der Waals surface area contributed by atoms with Gasteiger partial charge in [0.2, 0.25) is 0 Å². The molecule has 0 aliphatic carbocycles. The minimum absolute atomic E-state index is 0.381. The minimum Gasteiger partial charge on any atom is -0.449 e. The Morgan fingerprint density at radius 3 is 1.32 bits per heavy atom. The molecule has 2 heteroatoms. The highest BCUT2D eigenvalue weighted by Gasteiger charge is 2.20. The van der Waals surface area contributed by atoms with E-state index in [2.05, 4.69) is 55.1 Å². The van der Waals surface area contributed by atoms with Gasteiger partial charge in [-0.3, -0.25) is 0 Å². The van der Waals surface area contributed by atoms with E-state index in [-0.39, 0.29) is 0 Å². The summed E-state index contributed by atoms with van der Waals surface area (Å²) < 4.78 is 5.84. The molecule has 0 saturated carbocycles. The molecule has 4 rings (SSSR count). The standard InChI is InChI=1S/C29H24O2/c1-21(2)29(30)31-28(26-17-13-24(14-18-26)22-9-5-3-6-10-22)27-19-15-25(16-20-27)23-11-7-4-8-12-23/h3-20,28H,1H2,2H3. The van der Waals surface area contributed by atoms with Crippen LogP contribution in [0.25, 0.3) is 22.3 Å². The van der Waals surface area contributed by atoms with Crippen LogP contribution in [-0.4, -0.2) is 5.97 Å². The summed E-state index contributed by atoms with van der Waals surface area (Å²) in [5.74, 6) is -0.399. The first-order valence-corrected chi connectivity index (χ1v) is 10.3. The Kier molecular flexibility index (Phi) is 6.09. The smallest absolute Gasteiger partial charge is 0.334 e. The van der Waals surface area contributed by atoms with Crippen LogP contribution < -0.4 is 0 Å². The summed E-state index contributed by atoms with van der Waals surface area (Å²) in [7, 11) is 0. The number of hydrogen-bond donors (Lipinski definition) is 0. The zero-order valence-electron chi connectivity index (χ0n) is 17.5. The quantitative estimate of drug-likeness (QED) is 0.250. The van der Waals surface area contributed by atoms with E-state index in [0.717, 1.165) is 33.4 Å². The summed E-state index contributed by atoms with van der Waals surface area (Å²) in [6.07, 6.45) is -0.501. The van der Waals surface area contributed by atoms with Gasteiger partial charge < -0.3 is 4.74 Å². The van der Waals surface area contributed by atoms with E-state index in [1.54, 1.807) is 6.92 Å². The van der Waals surface area contributed by atoms with Gasteiger partial charge in [-0.25, -0.2) is 4.79 Å². The molecule has 152 valence electrons. The average Bonchev–Trinajstić information content (AvgIpc) is 2.84. The SMILES string of the molecule is C=C(C)C(=O)OC(c1ccc(-c2ccccc2)cc1)c1ccc(-c2ccccc2)cc1. The Hall–Kier alpha value is -3.91. The van der Waals surface area contributed by atoms with Crippen molar-refractivity contribution < 1.29 is 9.53 Å². The van der Waals surface area contributed by atoms with Gasteiger partial charge in [0, 0.05) is 5.57 Å². The van der Waals surface area contributed by atoms with Crippen molar-refractivity contribution >= 4 is 5.97 Å². The molecule has 31 heavy (non-hydrogen) atoms. The van der Waals surface area contributed by atoms with Crippen LogP contribution >= 0.6 is 0 Å². The zero-order valence-corrected chi connectivity index (χ0v) is 17.5. The van der Waals surface area contributed by atoms with E-state index in [1.165, 1.54) is 0 Å². The summed E-state index contributed by atoms with van der Waals surface area (Å²) in [6.45, 7) is 5.39. The highest BCUT2D eigenvalue weighted by atomic mass is 16.5. The molecule has 0 heterocycles. The molecule has 0 saturated heterocycles. The third kappa shape index (κ3) is 4.81. The Labute approximate surface area is 183 Å². The molecular weight excluding hydrogens is 380 g/mol. The molecule has 0 amide bonds. The van der Waals surface area contributed by atoms with E-state index in [1.807, 2.05) is 60.7 Å². The van der Waals surface area contributed by atoms with Crippen molar-refractivity contribution in [3.05, 3.63) is 132 Å². The summed E-state index contributed by atoms with van der Waals surface area (Å²) in [5.41, 5.74) is 6.76. The van der Waals surface area contributed by atoms with Gasteiger partial charge in [-0.05, 0) is 40.3 Å². The number of ether oxygens (including phenoxy) is 1. The fourth-order valence-corrected chi connectivity index (χ4v) is 3.50. The number of esters is 1. The van der Waals surface area contributed by atoms with Crippen LogP contribution in [0.2, 0.25) is 0 Å². The maximum Gasteiger partial charge on any atom is 0.334 e. The molecule has 0 atom stereocenters. The van der Waals surface area contributed by atoms with Crippen molar-refractivity contribution in [3.8, 4) is 22.3 Å². The second-order valence-corrected chi connectivity index (χ2v) is 7.54. The Balaban J connectivity index is 1.66. The van der Waals surface area contributed by atoms with Crippen molar-refractivity contribution in [1.82, 2.24) is 0 Å². The van der Waals surface area contributed by atoms with E-state index in [0.29, 0.717) is 5.57 Å². The van der Waals surface area contributed by atoms with Crippen molar-refractivity contribution in [3.63, 3.8) is 0 Å². The van der Waals surface area contributed by atoms with Gasteiger partial charge >= 0.3 is 5.97 Å². The molecule has 4 aromatic carbocycles. The number of carbonyl (C=O) groups excluding carboxylic acids is 1. The van der Waals surface area contributed by atoms with E-state index in [9.17, 15) is 4.79 Å². The van der Waals surface area contributed by atoms with Gasteiger partial charge in [-0.15, -0.1) is 0 Å². The van der Waals surface area contributed by atoms with Crippen LogP contribution in [0, 0.1) is 0 Å². The van der Waals surface area contributed by atoms with Gasteiger partial charge in [0.1, 0.15) is 0 Å². The first-order chi connectivity index (χ1) is 15.1. The number of hydrogen-bond acceptors (Lipinski definition) is 2. The third-order valence-corrected chi connectivity index (χ3v) is 5.21. The lowest BCUT2D eigenvalue weighted by Crippen LogP contribution is -2.13. The van der Waals surface area contributed by atoms with Gasteiger partial charge in [-0.2, -0.15) is 0 Å². The van der Waals surface area contributed by atoms with Crippen LogP contribution in [0.15, 0.2) is 121 Å². The lowest BCUT2D eigenvalue weighted by atomic mass is 9.96. The fourth-order valence-electron chi connectivity index (χ4n) is 3.50. The predicted octanol–water partition coefficient (Wildman–Crippen LogP) is 7.23. The van der Waals surface area contributed by atoms with Crippen molar-refractivity contribution in [2.24, 2.45) is 0 Å². The molecule has 0 unspecified atom stereocenters. The maximum atomic E-state index is 12.4. The van der Waals surface area contributed by atoms with Crippen molar-refractivity contribution in [1.29, 1.82) is 0 Å². The molecule has 0 aliphatic heterocycles. The molecule has 0 aliphatic rings. The highest BCUT2D eigenvalue weighted by molar-refractivity contribution is 5.87. The highest BCUT2D eigenvalue weighted by Crippen LogP contribution is 2.31. The molecule has 0 N–H and O–H groups in total. The largest absolute Gasteiger partial charge is 0.449 e. The second kappa shape index (κ2) is 9.27. The second-order valence-electron chi connectivity index (χ2n) is 7.54. The first-order valence-electron chi connectivity index (χ1n) is 10.3. The van der Waals surface area contributed by atoms with Crippen molar-refractivity contribution in [2.45, 2.75) is 13.0 Å². The predicted molar refractivity (Wildman–Crippen MR) is 127 cm³/mol. The summed E-state index contributed by atoms with van der Waals surface area (Å²) in [5, 5.41) is 0. The molecule has 4 aromatic rings. The molecule has 0 radical (unpaired) electrons. The van der Waals surface area contributed by atoms with Gasteiger partial charge in [-0.1, -0.05) is 116 Å². The number of rotatable bonds is 6. The van der Waals surface area contributed by atoms with Crippen LogP contribution in [0.1, 0.15) is 24.2 Å². The van der Waals surface area contributed by atoms with Gasteiger partial charge in [0.05, 0.1) is 0 Å². The number of benzene rings is 4. The molecule has 2 nitrogen and oxygen atoms in total. The van der Waals surface area contributed by atoms with E-state index in [4.69, 9.17) is 4.74 Å². The zero-order chi connectivity index (χ0) is 21.6. The summed E-state index contributed by atoms with van der Waals surface area (Å²) >= 11 is 0. The Morgan fingerprint density at radius 1 is 0.613 bits per heavy atom. The molecule has 0 fully saturated rings. The molecule has 0 bridgehead atoms. The summed E-state index contributed by atoms with van der Waals surface area (Å²) in [6, 6.07) is 36.7. The van der Waals surface area contributed by atoms with Gasteiger partial charge in [0.25, 0.3) is 0 Å². The lowest BCUT2D eigenvalue weighted by molar-refractivity contribution is -0.142. The van der Waals surface area contributed by atoms with Crippen LogP contribution in [-0.2, 0) is 9.53 Å². The normalized spacial score (nSPS) is 10.6. The Bertz CT molecular complexity index is 1080. The fraction of sp³-hybridized carbons (Fsp3) is 0.0690. The van der Waals surface area contributed by atoms with Crippen LogP contribution in [0.5, 0.6) is 0 Å². The lowest BCUT2D eigenvalue weighted by Gasteiger charge is -2.20. The first kappa shape index (κ1) is 20.4. The Morgan fingerprint density at radius 2 is 0.968 bits per heavy atom. The molecule has 0 spiro atoms. The third-order valence-electron chi connectivity index (χ3n) is 5.21. The molecule has 0 aromatic heterocycles. The van der Waals surface area contributed by atoms with Crippen LogP contribution in [0.4, 0.5) is 0 Å². The van der Waals surface area contributed by atoms with E-state index >= 15 is 0 Å². The maximum absolute atomic E-state index is 12.4.